The number of esters is 1. The van der Waals surface area contributed by atoms with Gasteiger partial charge >= 0.3 is 5.97 Å². The number of aromatic nitrogens is 2. The zero-order chi connectivity index (χ0) is 14.5. The molecule has 1 aromatic heterocycles. The van der Waals surface area contributed by atoms with Gasteiger partial charge in [-0.05, 0) is 26.0 Å². The van der Waals surface area contributed by atoms with Gasteiger partial charge in [-0.15, -0.1) is 0 Å². The summed E-state index contributed by atoms with van der Waals surface area (Å²) in [4.78, 5) is 11.9. The second-order valence-corrected chi connectivity index (χ2v) is 6.12. The van der Waals surface area contributed by atoms with Crippen LogP contribution in [-0.4, -0.2) is 39.9 Å². The lowest BCUT2D eigenvalue weighted by Crippen LogP contribution is -2.34. The molecule has 112 valence electrons. The largest absolute Gasteiger partial charge is 0.462 e. The first kappa shape index (κ1) is 15.4. The Kier molecular flexibility index (Phi) is 5.48. The molecule has 0 radical (unpaired) electrons. The Labute approximate surface area is 124 Å². The molecule has 20 heavy (non-hydrogen) atoms. The minimum absolute atomic E-state index is 0.287. The molecule has 1 N–H and O–H groups in total. The summed E-state index contributed by atoms with van der Waals surface area (Å²) in [5.41, 5.74) is 1.47. The molecule has 1 aliphatic carbocycles. The average Bonchev–Trinajstić information content (AvgIpc) is 3.03. The van der Waals surface area contributed by atoms with Gasteiger partial charge < -0.3 is 10.1 Å². The number of ether oxygens (including phenoxy) is 1. The van der Waals surface area contributed by atoms with Gasteiger partial charge in [0.15, 0.2) is 0 Å². The lowest BCUT2D eigenvalue weighted by Gasteiger charge is -2.19. The van der Waals surface area contributed by atoms with E-state index in [4.69, 9.17) is 4.74 Å². The first-order valence-corrected chi connectivity index (χ1v) is 8.40. The van der Waals surface area contributed by atoms with Crippen LogP contribution in [0.15, 0.2) is 6.20 Å². The number of carbonyl (C=O) groups is 1. The van der Waals surface area contributed by atoms with E-state index in [0.29, 0.717) is 30.0 Å². The Morgan fingerprint density at radius 2 is 2.40 bits per heavy atom. The average molecular weight is 297 g/mol. The molecule has 5 nitrogen and oxygen atoms in total. The van der Waals surface area contributed by atoms with Gasteiger partial charge in [-0.25, -0.2) is 4.79 Å². The van der Waals surface area contributed by atoms with Crippen molar-refractivity contribution < 1.29 is 9.53 Å². The number of nitrogens with zero attached hydrogens (tertiary/aromatic N) is 2. The van der Waals surface area contributed by atoms with E-state index in [0.717, 1.165) is 5.69 Å². The highest BCUT2D eigenvalue weighted by atomic mass is 32.2. The molecule has 1 aromatic rings. The maximum atomic E-state index is 11.9. The summed E-state index contributed by atoms with van der Waals surface area (Å²) in [6.07, 6.45) is 7.51. The lowest BCUT2D eigenvalue weighted by atomic mass is 10.2. The molecule has 1 heterocycles. The fourth-order valence-electron chi connectivity index (χ4n) is 2.72. The Hall–Kier alpha value is -1.01. The van der Waals surface area contributed by atoms with E-state index in [9.17, 15) is 4.79 Å². The van der Waals surface area contributed by atoms with Gasteiger partial charge in [0.1, 0.15) is 5.56 Å². The predicted octanol–water partition coefficient (Wildman–Crippen LogP) is 1.97. The fourth-order valence-corrected chi connectivity index (χ4v) is 3.68. The molecule has 0 amide bonds. The van der Waals surface area contributed by atoms with Crippen LogP contribution in [0.25, 0.3) is 0 Å². The second-order valence-electron chi connectivity index (χ2n) is 5.04. The SMILES string of the molecule is CCOC(=O)c1cnn(C)c1CNC1CCCC1SC. The van der Waals surface area contributed by atoms with E-state index >= 15 is 0 Å². The number of carbonyl (C=O) groups excluding carboxylic acids is 1. The van der Waals surface area contributed by atoms with Gasteiger partial charge in [-0.2, -0.15) is 16.9 Å². The van der Waals surface area contributed by atoms with Gasteiger partial charge in [-0.1, -0.05) is 6.42 Å². The van der Waals surface area contributed by atoms with Crippen molar-refractivity contribution in [2.24, 2.45) is 7.05 Å². The Bertz CT molecular complexity index is 461. The van der Waals surface area contributed by atoms with Crippen molar-refractivity contribution in [3.63, 3.8) is 0 Å². The zero-order valence-electron chi connectivity index (χ0n) is 12.4. The Balaban J connectivity index is 2.02. The molecule has 1 aliphatic rings. The van der Waals surface area contributed by atoms with Crippen LogP contribution >= 0.6 is 11.8 Å². The highest BCUT2D eigenvalue weighted by molar-refractivity contribution is 7.99. The van der Waals surface area contributed by atoms with Crippen LogP contribution in [0.1, 0.15) is 42.2 Å². The van der Waals surface area contributed by atoms with Crippen molar-refractivity contribution in [3.8, 4) is 0 Å². The maximum Gasteiger partial charge on any atom is 0.341 e. The third-order valence-electron chi connectivity index (χ3n) is 3.84. The number of hydrogen-bond donors (Lipinski definition) is 1. The number of rotatable bonds is 6. The topological polar surface area (TPSA) is 56.1 Å². The molecule has 2 unspecified atom stereocenters. The maximum absolute atomic E-state index is 11.9. The molecule has 2 atom stereocenters. The van der Waals surface area contributed by atoms with E-state index in [1.54, 1.807) is 10.9 Å². The van der Waals surface area contributed by atoms with Crippen LogP contribution in [0.5, 0.6) is 0 Å². The van der Waals surface area contributed by atoms with Crippen LogP contribution in [-0.2, 0) is 18.3 Å². The van der Waals surface area contributed by atoms with Gasteiger partial charge in [0.2, 0.25) is 0 Å². The molecule has 6 heteroatoms. The van der Waals surface area contributed by atoms with Crippen molar-refractivity contribution in [1.29, 1.82) is 0 Å². The summed E-state index contributed by atoms with van der Waals surface area (Å²) in [5, 5.41) is 8.42. The van der Waals surface area contributed by atoms with Crippen LogP contribution in [0, 0.1) is 0 Å². The third kappa shape index (κ3) is 3.35. The smallest absolute Gasteiger partial charge is 0.341 e. The van der Waals surface area contributed by atoms with Crippen LogP contribution < -0.4 is 5.32 Å². The summed E-state index contributed by atoms with van der Waals surface area (Å²) < 4.78 is 6.82. The van der Waals surface area contributed by atoms with Crippen molar-refractivity contribution in [3.05, 3.63) is 17.5 Å². The summed E-state index contributed by atoms with van der Waals surface area (Å²) in [5.74, 6) is -0.287. The number of hydrogen-bond acceptors (Lipinski definition) is 5. The molecule has 1 fully saturated rings. The van der Waals surface area contributed by atoms with E-state index < -0.39 is 0 Å². The molecular weight excluding hydrogens is 274 g/mol. The monoisotopic (exact) mass is 297 g/mol. The minimum atomic E-state index is -0.287. The summed E-state index contributed by atoms with van der Waals surface area (Å²) in [7, 11) is 1.86. The van der Waals surface area contributed by atoms with Crippen LogP contribution in [0.2, 0.25) is 0 Å². The molecule has 0 saturated heterocycles. The quantitative estimate of drug-likeness (QED) is 0.814. The summed E-state index contributed by atoms with van der Waals surface area (Å²) >= 11 is 1.92. The molecule has 0 aromatic carbocycles. The van der Waals surface area contributed by atoms with Gasteiger partial charge in [-0.3, -0.25) is 4.68 Å². The highest BCUT2D eigenvalue weighted by Gasteiger charge is 2.27. The zero-order valence-corrected chi connectivity index (χ0v) is 13.2. The minimum Gasteiger partial charge on any atom is -0.462 e. The van der Waals surface area contributed by atoms with Crippen molar-refractivity contribution >= 4 is 17.7 Å². The van der Waals surface area contributed by atoms with Crippen molar-refractivity contribution in [1.82, 2.24) is 15.1 Å². The molecular formula is C14H23N3O2S. The summed E-state index contributed by atoms with van der Waals surface area (Å²) in [6.45, 7) is 2.86. The molecule has 0 spiro atoms. The highest BCUT2D eigenvalue weighted by Crippen LogP contribution is 2.28. The van der Waals surface area contributed by atoms with E-state index in [1.165, 1.54) is 19.3 Å². The van der Waals surface area contributed by atoms with Crippen molar-refractivity contribution in [2.75, 3.05) is 12.9 Å². The summed E-state index contributed by atoms with van der Waals surface area (Å²) in [6, 6.07) is 0.523. The van der Waals surface area contributed by atoms with E-state index in [-0.39, 0.29) is 5.97 Å². The lowest BCUT2D eigenvalue weighted by molar-refractivity contribution is 0.0524. The van der Waals surface area contributed by atoms with Gasteiger partial charge in [0.05, 0.1) is 18.5 Å². The standard InChI is InChI=1S/C14H23N3O2S/c1-4-19-14(18)10-8-16-17(2)12(10)9-15-11-6-5-7-13(11)20-3/h8,11,13,15H,4-7,9H2,1-3H3. The number of nitrogens with one attached hydrogen (secondary N) is 1. The molecule has 1 saturated carbocycles. The van der Waals surface area contributed by atoms with Gasteiger partial charge in [0.25, 0.3) is 0 Å². The predicted molar refractivity (Wildman–Crippen MR) is 80.9 cm³/mol. The van der Waals surface area contributed by atoms with E-state index in [2.05, 4.69) is 16.7 Å². The third-order valence-corrected chi connectivity index (χ3v) is 5.01. The van der Waals surface area contributed by atoms with Crippen molar-refractivity contribution in [2.45, 2.75) is 44.0 Å². The Morgan fingerprint density at radius 1 is 1.60 bits per heavy atom. The van der Waals surface area contributed by atoms with Gasteiger partial charge in [0, 0.05) is 24.9 Å². The Morgan fingerprint density at radius 3 is 3.10 bits per heavy atom. The first-order valence-electron chi connectivity index (χ1n) is 7.11. The molecule has 2 rings (SSSR count). The number of thioether (sulfide) groups is 1. The van der Waals surface area contributed by atoms with E-state index in [1.807, 2.05) is 25.7 Å². The fraction of sp³-hybridized carbons (Fsp3) is 0.714. The normalized spacial score (nSPS) is 22.1. The number of aryl methyl sites for hydroxylation is 1. The molecule has 0 bridgehead atoms. The first-order chi connectivity index (χ1) is 9.67. The van der Waals surface area contributed by atoms with Crippen LogP contribution in [0.4, 0.5) is 0 Å². The molecule has 0 aliphatic heterocycles. The second kappa shape index (κ2) is 7.13. The van der Waals surface area contributed by atoms with Crippen LogP contribution in [0.3, 0.4) is 0 Å².